The molecule has 0 radical (unpaired) electrons. The number of aromatic nitrogens is 3. The van der Waals surface area contributed by atoms with Crippen LogP contribution in [-0.4, -0.2) is 14.1 Å². The van der Waals surface area contributed by atoms with Crippen LogP contribution in [0.2, 0.25) is 10.0 Å². The van der Waals surface area contributed by atoms with Gasteiger partial charge in [0.25, 0.3) is 5.56 Å². The van der Waals surface area contributed by atoms with Gasteiger partial charge in [-0.05, 0) is 24.3 Å². The van der Waals surface area contributed by atoms with Crippen molar-refractivity contribution in [1.29, 1.82) is 0 Å². The number of halogens is 2. The largest absolute Gasteiger partial charge is 0.331 e. The molecule has 0 N–H and O–H groups in total. The second kappa shape index (κ2) is 5.26. The van der Waals surface area contributed by atoms with Crippen molar-refractivity contribution in [2.45, 2.75) is 0 Å². The SMILES string of the molecule is Cn1c(=O)c2nc(-c3ccc(Cl)c(Cl)c3)ccc2n(C)c1=O. The van der Waals surface area contributed by atoms with Gasteiger partial charge >= 0.3 is 5.69 Å². The van der Waals surface area contributed by atoms with Crippen molar-refractivity contribution >= 4 is 34.2 Å². The molecule has 0 amide bonds. The predicted molar refractivity (Wildman–Crippen MR) is 87.7 cm³/mol. The second-order valence-corrected chi connectivity index (χ2v) is 5.71. The second-order valence-electron chi connectivity index (χ2n) is 4.90. The first kappa shape index (κ1) is 14.8. The number of pyridine rings is 1. The quantitative estimate of drug-likeness (QED) is 0.686. The molecule has 112 valence electrons. The third-order valence-corrected chi connectivity index (χ3v) is 4.27. The highest BCUT2D eigenvalue weighted by Gasteiger charge is 2.11. The van der Waals surface area contributed by atoms with Gasteiger partial charge in [-0.15, -0.1) is 0 Å². The van der Waals surface area contributed by atoms with Crippen LogP contribution in [0.5, 0.6) is 0 Å². The smallest absolute Gasteiger partial charge is 0.295 e. The van der Waals surface area contributed by atoms with Crippen LogP contribution < -0.4 is 11.2 Å². The molecule has 0 saturated heterocycles. The molecule has 2 heterocycles. The van der Waals surface area contributed by atoms with E-state index in [1.165, 1.54) is 11.6 Å². The van der Waals surface area contributed by atoms with Gasteiger partial charge in [-0.3, -0.25) is 13.9 Å². The van der Waals surface area contributed by atoms with E-state index in [0.29, 0.717) is 21.3 Å². The first-order valence-electron chi connectivity index (χ1n) is 6.42. The van der Waals surface area contributed by atoms with Crippen molar-refractivity contribution in [1.82, 2.24) is 14.1 Å². The summed E-state index contributed by atoms with van der Waals surface area (Å²) < 4.78 is 2.43. The Morgan fingerprint density at radius 1 is 0.955 bits per heavy atom. The molecule has 0 aliphatic rings. The Bertz CT molecular complexity index is 1020. The van der Waals surface area contributed by atoms with Crippen LogP contribution in [0.15, 0.2) is 39.9 Å². The molecule has 0 saturated carbocycles. The van der Waals surface area contributed by atoms with Crippen molar-refractivity contribution in [2.75, 3.05) is 0 Å². The zero-order valence-corrected chi connectivity index (χ0v) is 13.3. The summed E-state index contributed by atoms with van der Waals surface area (Å²) in [4.78, 5) is 28.5. The molecule has 3 aromatic rings. The van der Waals surface area contributed by atoms with E-state index in [2.05, 4.69) is 4.98 Å². The van der Waals surface area contributed by atoms with E-state index in [1.807, 2.05) is 0 Å². The highest BCUT2D eigenvalue weighted by Crippen LogP contribution is 2.28. The van der Waals surface area contributed by atoms with Gasteiger partial charge in [-0.25, -0.2) is 9.78 Å². The van der Waals surface area contributed by atoms with Crippen LogP contribution in [-0.2, 0) is 14.1 Å². The van der Waals surface area contributed by atoms with Crippen LogP contribution in [0.4, 0.5) is 0 Å². The minimum Gasteiger partial charge on any atom is -0.295 e. The van der Waals surface area contributed by atoms with E-state index in [9.17, 15) is 9.59 Å². The van der Waals surface area contributed by atoms with Crippen LogP contribution in [0.1, 0.15) is 0 Å². The molecule has 0 aliphatic carbocycles. The summed E-state index contributed by atoms with van der Waals surface area (Å²) in [5, 5.41) is 0.860. The van der Waals surface area contributed by atoms with Gasteiger partial charge in [0.05, 0.1) is 21.3 Å². The summed E-state index contributed by atoms with van der Waals surface area (Å²) in [6, 6.07) is 8.56. The highest BCUT2D eigenvalue weighted by molar-refractivity contribution is 6.42. The molecule has 0 fully saturated rings. The number of rotatable bonds is 1. The van der Waals surface area contributed by atoms with E-state index in [-0.39, 0.29) is 11.2 Å². The van der Waals surface area contributed by atoms with E-state index < -0.39 is 5.56 Å². The fourth-order valence-electron chi connectivity index (χ4n) is 2.27. The fraction of sp³-hybridized carbons (Fsp3) is 0.133. The maximum atomic E-state index is 12.2. The summed E-state index contributed by atoms with van der Waals surface area (Å²) in [6.45, 7) is 0. The van der Waals surface area contributed by atoms with Gasteiger partial charge < -0.3 is 0 Å². The average Bonchev–Trinajstić information content (AvgIpc) is 2.53. The van der Waals surface area contributed by atoms with E-state index in [0.717, 1.165) is 10.1 Å². The lowest BCUT2D eigenvalue weighted by atomic mass is 10.1. The van der Waals surface area contributed by atoms with Crippen molar-refractivity contribution in [3.8, 4) is 11.3 Å². The Labute approximate surface area is 135 Å². The first-order valence-corrected chi connectivity index (χ1v) is 7.18. The summed E-state index contributed by atoms with van der Waals surface area (Å²) in [5.41, 5.74) is 1.22. The Balaban J connectivity index is 2.33. The van der Waals surface area contributed by atoms with Gasteiger partial charge in [0.1, 0.15) is 0 Å². The lowest BCUT2D eigenvalue weighted by Crippen LogP contribution is -2.37. The molecule has 0 aliphatic heterocycles. The Hall–Kier alpha value is -2.11. The summed E-state index contributed by atoms with van der Waals surface area (Å²) in [6.07, 6.45) is 0. The molecule has 7 heteroatoms. The minimum atomic E-state index is -0.431. The summed E-state index contributed by atoms with van der Waals surface area (Å²) in [7, 11) is 3.03. The van der Waals surface area contributed by atoms with Gasteiger partial charge in [0.15, 0.2) is 5.52 Å². The maximum Gasteiger partial charge on any atom is 0.331 e. The van der Waals surface area contributed by atoms with Crippen molar-refractivity contribution in [2.24, 2.45) is 14.1 Å². The summed E-state index contributed by atoms with van der Waals surface area (Å²) in [5.74, 6) is 0. The summed E-state index contributed by atoms with van der Waals surface area (Å²) >= 11 is 11.9. The van der Waals surface area contributed by atoms with Gasteiger partial charge in [-0.1, -0.05) is 29.3 Å². The third-order valence-electron chi connectivity index (χ3n) is 3.53. The lowest BCUT2D eigenvalue weighted by Gasteiger charge is -2.08. The number of hydrogen-bond acceptors (Lipinski definition) is 3. The van der Waals surface area contributed by atoms with Crippen LogP contribution in [0.3, 0.4) is 0 Å². The molecule has 0 bridgehead atoms. The van der Waals surface area contributed by atoms with Crippen molar-refractivity contribution < 1.29 is 0 Å². The monoisotopic (exact) mass is 335 g/mol. The molecule has 3 rings (SSSR count). The minimum absolute atomic E-state index is 0.230. The van der Waals surface area contributed by atoms with Crippen LogP contribution in [0.25, 0.3) is 22.3 Å². The lowest BCUT2D eigenvalue weighted by molar-refractivity contribution is 0.711. The van der Waals surface area contributed by atoms with Crippen LogP contribution >= 0.6 is 23.2 Å². The Kier molecular flexibility index (Phi) is 3.54. The van der Waals surface area contributed by atoms with E-state index in [1.54, 1.807) is 37.4 Å². The Morgan fingerprint density at radius 3 is 2.36 bits per heavy atom. The first-order chi connectivity index (χ1) is 10.4. The highest BCUT2D eigenvalue weighted by atomic mass is 35.5. The molecular weight excluding hydrogens is 325 g/mol. The van der Waals surface area contributed by atoms with Gasteiger partial charge in [-0.2, -0.15) is 0 Å². The normalized spacial score (nSPS) is 11.1. The number of benzene rings is 1. The molecule has 22 heavy (non-hydrogen) atoms. The topological polar surface area (TPSA) is 56.9 Å². The molecular formula is C15H11Cl2N3O2. The maximum absolute atomic E-state index is 12.2. The van der Waals surface area contributed by atoms with Crippen molar-refractivity contribution in [3.05, 3.63) is 61.2 Å². The van der Waals surface area contributed by atoms with Gasteiger partial charge in [0, 0.05) is 19.7 Å². The van der Waals surface area contributed by atoms with Crippen LogP contribution in [0, 0.1) is 0 Å². The zero-order valence-electron chi connectivity index (χ0n) is 11.8. The van der Waals surface area contributed by atoms with Gasteiger partial charge in [0.2, 0.25) is 0 Å². The number of nitrogens with zero attached hydrogens (tertiary/aromatic N) is 3. The Morgan fingerprint density at radius 2 is 1.68 bits per heavy atom. The van der Waals surface area contributed by atoms with Crippen molar-refractivity contribution in [3.63, 3.8) is 0 Å². The average molecular weight is 336 g/mol. The number of hydrogen-bond donors (Lipinski definition) is 0. The number of aryl methyl sites for hydroxylation is 1. The van der Waals surface area contributed by atoms with E-state index in [4.69, 9.17) is 23.2 Å². The molecule has 2 aromatic heterocycles. The molecule has 0 unspecified atom stereocenters. The molecule has 1 aromatic carbocycles. The zero-order chi connectivity index (χ0) is 16.0. The fourth-order valence-corrected chi connectivity index (χ4v) is 2.57. The predicted octanol–water partition coefficient (Wildman–Crippen LogP) is 2.61. The molecule has 0 spiro atoms. The number of fused-ring (bicyclic) bond motifs is 1. The van der Waals surface area contributed by atoms with E-state index >= 15 is 0 Å². The molecule has 0 atom stereocenters. The third kappa shape index (κ3) is 2.23. The molecule has 5 nitrogen and oxygen atoms in total. The standard InChI is InChI=1S/C15H11Cl2N3O2/c1-19-12-6-5-11(8-3-4-9(16)10(17)7-8)18-13(12)14(21)20(2)15(19)22/h3-7H,1-2H3.